The van der Waals surface area contributed by atoms with Gasteiger partial charge in [-0.3, -0.25) is 4.90 Å². The van der Waals surface area contributed by atoms with Crippen LogP contribution in [0, 0.1) is 18.3 Å². The van der Waals surface area contributed by atoms with Gasteiger partial charge >= 0.3 is 0 Å². The smallest absolute Gasteiger partial charge is 0.231 e. The van der Waals surface area contributed by atoms with Crippen LogP contribution in [0.3, 0.4) is 0 Å². The number of nitriles is 1. The predicted molar refractivity (Wildman–Crippen MR) is 114 cm³/mol. The van der Waals surface area contributed by atoms with Gasteiger partial charge in [0.05, 0.1) is 23.4 Å². The molecular formula is C22H21N5O2S. The van der Waals surface area contributed by atoms with Gasteiger partial charge in [-0.05, 0) is 61.7 Å². The van der Waals surface area contributed by atoms with E-state index in [0.29, 0.717) is 24.2 Å². The number of ether oxygens (including phenoxy) is 2. The van der Waals surface area contributed by atoms with E-state index in [1.807, 2.05) is 0 Å². The van der Waals surface area contributed by atoms with Crippen molar-refractivity contribution < 1.29 is 9.47 Å². The topological polar surface area (TPSA) is 83.3 Å². The van der Waals surface area contributed by atoms with Crippen LogP contribution in [0.4, 0.5) is 10.9 Å². The highest BCUT2D eigenvalue weighted by Crippen LogP contribution is 2.38. The standard InChI is InChI=1S/C22H21N5O2S/c1-14-7-19-20(29-13-28-19)9-16(14)11-27-6-2-3-18(27)17-12-30-22(25-17)26-21-8-15(10-23)4-5-24-21/h4-5,7-9,12,18H,2-3,6,11,13H2,1H3,(H,24,25,26)/t18-/m1/s1. The summed E-state index contributed by atoms with van der Waals surface area (Å²) in [5.74, 6) is 2.30. The molecule has 0 amide bonds. The summed E-state index contributed by atoms with van der Waals surface area (Å²) >= 11 is 1.56. The van der Waals surface area contributed by atoms with Crippen LogP contribution in [0.15, 0.2) is 35.8 Å². The van der Waals surface area contributed by atoms with Crippen LogP contribution in [-0.4, -0.2) is 28.2 Å². The summed E-state index contributed by atoms with van der Waals surface area (Å²) < 4.78 is 11.0. The zero-order valence-electron chi connectivity index (χ0n) is 16.6. The lowest BCUT2D eigenvalue weighted by Crippen LogP contribution is -2.23. The average molecular weight is 420 g/mol. The first kappa shape index (κ1) is 18.9. The molecule has 8 heteroatoms. The van der Waals surface area contributed by atoms with Crippen molar-refractivity contribution in [1.82, 2.24) is 14.9 Å². The molecule has 0 spiro atoms. The van der Waals surface area contributed by atoms with Gasteiger partial charge in [0, 0.05) is 18.1 Å². The van der Waals surface area contributed by atoms with Crippen molar-refractivity contribution in [2.75, 3.05) is 18.7 Å². The molecule has 4 heterocycles. The number of hydrogen-bond acceptors (Lipinski definition) is 8. The third-order valence-corrected chi connectivity index (χ3v) is 6.33. The monoisotopic (exact) mass is 419 g/mol. The molecule has 2 aromatic heterocycles. The van der Waals surface area contributed by atoms with Gasteiger partial charge < -0.3 is 14.8 Å². The maximum atomic E-state index is 9.06. The number of nitrogens with one attached hydrogen (secondary N) is 1. The molecule has 2 aliphatic rings. The molecule has 0 aliphatic carbocycles. The quantitative estimate of drug-likeness (QED) is 0.650. The average Bonchev–Trinajstić information content (AvgIpc) is 3.49. The summed E-state index contributed by atoms with van der Waals surface area (Å²) in [6, 6.07) is 10.0. The first-order chi connectivity index (χ1) is 14.7. The largest absolute Gasteiger partial charge is 0.454 e. The lowest BCUT2D eigenvalue weighted by Gasteiger charge is -2.24. The zero-order valence-corrected chi connectivity index (χ0v) is 17.4. The van der Waals surface area contributed by atoms with Crippen molar-refractivity contribution >= 4 is 22.3 Å². The first-order valence-corrected chi connectivity index (χ1v) is 10.8. The first-order valence-electron chi connectivity index (χ1n) is 9.91. The summed E-state index contributed by atoms with van der Waals surface area (Å²) in [4.78, 5) is 11.6. The molecule has 30 heavy (non-hydrogen) atoms. The van der Waals surface area contributed by atoms with E-state index in [4.69, 9.17) is 19.7 Å². The molecule has 2 aliphatic heterocycles. The van der Waals surface area contributed by atoms with Crippen LogP contribution in [0.1, 0.15) is 41.3 Å². The number of nitrogens with zero attached hydrogens (tertiary/aromatic N) is 4. The van der Waals surface area contributed by atoms with E-state index in [9.17, 15) is 0 Å². The number of aryl methyl sites for hydroxylation is 1. The maximum absolute atomic E-state index is 9.06. The second kappa shape index (κ2) is 7.94. The van der Waals surface area contributed by atoms with Crippen LogP contribution in [0.25, 0.3) is 0 Å². The summed E-state index contributed by atoms with van der Waals surface area (Å²) in [6.45, 7) is 4.32. The number of thiazole rings is 1. The Hall–Kier alpha value is -3.15. The van der Waals surface area contributed by atoms with E-state index < -0.39 is 0 Å². The van der Waals surface area contributed by atoms with E-state index in [1.54, 1.807) is 29.7 Å². The fourth-order valence-corrected chi connectivity index (χ4v) is 4.76. The van der Waals surface area contributed by atoms with Crippen LogP contribution >= 0.6 is 11.3 Å². The van der Waals surface area contributed by atoms with Gasteiger partial charge in [-0.2, -0.15) is 5.26 Å². The van der Waals surface area contributed by atoms with Crippen LogP contribution in [0.2, 0.25) is 0 Å². The van der Waals surface area contributed by atoms with Crippen molar-refractivity contribution in [3.05, 3.63) is 58.2 Å². The Morgan fingerprint density at radius 2 is 2.17 bits per heavy atom. The van der Waals surface area contributed by atoms with Gasteiger partial charge in [0.25, 0.3) is 0 Å². The Balaban J connectivity index is 1.32. The van der Waals surface area contributed by atoms with Gasteiger partial charge in [0.1, 0.15) is 5.82 Å². The number of likely N-dealkylation sites (tertiary alicyclic amines) is 1. The minimum Gasteiger partial charge on any atom is -0.454 e. The van der Waals surface area contributed by atoms with Gasteiger partial charge in [0.2, 0.25) is 6.79 Å². The Bertz CT molecular complexity index is 1120. The molecule has 1 N–H and O–H groups in total. The van der Waals surface area contributed by atoms with Gasteiger partial charge in [-0.25, -0.2) is 9.97 Å². The summed E-state index contributed by atoms with van der Waals surface area (Å²) in [5, 5.41) is 15.2. The van der Waals surface area contributed by atoms with E-state index in [-0.39, 0.29) is 0 Å². The fraction of sp³-hybridized carbons (Fsp3) is 0.318. The normalized spacial score (nSPS) is 17.8. The van der Waals surface area contributed by atoms with Gasteiger partial charge in [-0.1, -0.05) is 0 Å². The number of anilines is 2. The molecule has 5 rings (SSSR count). The van der Waals surface area contributed by atoms with E-state index in [1.165, 1.54) is 11.1 Å². The second-order valence-electron chi connectivity index (χ2n) is 7.50. The summed E-state index contributed by atoms with van der Waals surface area (Å²) in [5.41, 5.74) is 4.13. The van der Waals surface area contributed by atoms with Gasteiger partial charge in [0.15, 0.2) is 16.6 Å². The number of hydrogen-bond donors (Lipinski definition) is 1. The Kier molecular flexibility index (Phi) is 4.99. The Labute approximate surface area is 178 Å². The SMILES string of the molecule is Cc1cc2c(cc1CN1CCC[C@@H]1c1csc(Nc3cc(C#N)ccn3)n1)OCO2. The molecule has 7 nitrogen and oxygen atoms in total. The minimum absolute atomic E-state index is 0.292. The number of rotatable bonds is 5. The third kappa shape index (κ3) is 3.70. The predicted octanol–water partition coefficient (Wildman–Crippen LogP) is 4.53. The molecular weight excluding hydrogens is 398 g/mol. The lowest BCUT2D eigenvalue weighted by molar-refractivity contribution is 0.174. The molecule has 0 unspecified atom stereocenters. The summed E-state index contributed by atoms with van der Waals surface area (Å²) in [6.07, 6.45) is 3.87. The van der Waals surface area contributed by atoms with Crippen LogP contribution < -0.4 is 14.8 Å². The van der Waals surface area contributed by atoms with E-state index in [0.717, 1.165) is 48.3 Å². The lowest BCUT2D eigenvalue weighted by atomic mass is 10.1. The summed E-state index contributed by atoms with van der Waals surface area (Å²) in [7, 11) is 0. The molecule has 0 bridgehead atoms. The number of aromatic nitrogens is 2. The van der Waals surface area contributed by atoms with E-state index in [2.05, 4.69) is 45.7 Å². The maximum Gasteiger partial charge on any atom is 0.231 e. The Morgan fingerprint density at radius 1 is 1.30 bits per heavy atom. The van der Waals surface area contributed by atoms with Crippen molar-refractivity contribution in [3.63, 3.8) is 0 Å². The Morgan fingerprint density at radius 3 is 3.03 bits per heavy atom. The molecule has 1 fully saturated rings. The highest BCUT2D eigenvalue weighted by molar-refractivity contribution is 7.13. The van der Waals surface area contributed by atoms with Crippen LogP contribution in [-0.2, 0) is 6.54 Å². The minimum atomic E-state index is 0.292. The molecule has 1 aromatic carbocycles. The van der Waals surface area contributed by atoms with Crippen molar-refractivity contribution in [2.45, 2.75) is 32.4 Å². The molecule has 1 saturated heterocycles. The van der Waals surface area contributed by atoms with Crippen LogP contribution in [0.5, 0.6) is 11.5 Å². The van der Waals surface area contributed by atoms with Crippen molar-refractivity contribution in [1.29, 1.82) is 5.26 Å². The zero-order chi connectivity index (χ0) is 20.5. The molecule has 3 aromatic rings. The number of benzene rings is 1. The van der Waals surface area contributed by atoms with Crippen molar-refractivity contribution in [3.8, 4) is 17.6 Å². The molecule has 0 saturated carbocycles. The molecule has 1 atom stereocenters. The second-order valence-corrected chi connectivity index (χ2v) is 8.36. The third-order valence-electron chi connectivity index (χ3n) is 5.56. The molecule has 152 valence electrons. The molecule has 0 radical (unpaired) electrons. The van der Waals surface area contributed by atoms with Crippen molar-refractivity contribution in [2.24, 2.45) is 0 Å². The number of pyridine rings is 1. The highest BCUT2D eigenvalue weighted by atomic mass is 32.1. The van der Waals surface area contributed by atoms with Gasteiger partial charge in [-0.15, -0.1) is 11.3 Å². The highest BCUT2D eigenvalue weighted by Gasteiger charge is 2.29. The van der Waals surface area contributed by atoms with E-state index >= 15 is 0 Å². The fourth-order valence-electron chi connectivity index (χ4n) is 4.00. The number of fused-ring (bicyclic) bond motifs is 1.